The van der Waals surface area contributed by atoms with Gasteiger partial charge in [0.1, 0.15) is 0 Å². The molecule has 1 aliphatic rings. The van der Waals surface area contributed by atoms with Crippen LogP contribution < -0.4 is 10.6 Å². The Balaban J connectivity index is 2.00. The molecule has 1 rings (SSSR count). The van der Waals surface area contributed by atoms with Crippen LogP contribution in [0, 0.1) is 0 Å². The van der Waals surface area contributed by atoms with Gasteiger partial charge in [-0.15, -0.1) is 0 Å². The molecule has 36 valence electrons. The molecule has 1 heterocycles. The van der Waals surface area contributed by atoms with Gasteiger partial charge < -0.3 is 0 Å². The van der Waals surface area contributed by atoms with E-state index >= 15 is 0 Å². The van der Waals surface area contributed by atoms with Gasteiger partial charge in [-0.3, -0.25) is 5.43 Å². The summed E-state index contributed by atoms with van der Waals surface area (Å²) < 4.78 is 0. The summed E-state index contributed by atoms with van der Waals surface area (Å²) in [6.07, 6.45) is 2.69. The van der Waals surface area contributed by atoms with E-state index < -0.39 is 0 Å². The van der Waals surface area contributed by atoms with E-state index in [-0.39, 0.29) is 0 Å². The second kappa shape index (κ2) is 2.51. The van der Waals surface area contributed by atoms with Crippen LogP contribution in [-0.4, -0.2) is 12.7 Å². The van der Waals surface area contributed by atoms with Crippen molar-refractivity contribution >= 4 is 8.73 Å². The fourth-order valence-corrected chi connectivity index (χ4v) is 1.18. The Morgan fingerprint density at radius 3 is 2.67 bits per heavy atom. The van der Waals surface area contributed by atoms with Crippen LogP contribution in [0.25, 0.3) is 0 Å². The van der Waals surface area contributed by atoms with E-state index in [4.69, 9.17) is 0 Å². The van der Waals surface area contributed by atoms with E-state index in [0.717, 1.165) is 15.3 Å². The first-order chi connectivity index (χ1) is 3.00. The molecule has 1 saturated heterocycles. The molecule has 6 heavy (non-hydrogen) atoms. The molecule has 3 heteroatoms. The van der Waals surface area contributed by atoms with Crippen LogP contribution in [0.5, 0.6) is 0 Å². The van der Waals surface area contributed by atoms with E-state index in [1.165, 1.54) is 12.6 Å². The van der Waals surface area contributed by atoms with Gasteiger partial charge in [0.2, 0.25) is 0 Å². The molecule has 0 bridgehead atoms. The van der Waals surface area contributed by atoms with Crippen molar-refractivity contribution in [2.75, 3.05) is 12.7 Å². The van der Waals surface area contributed by atoms with Crippen molar-refractivity contribution in [1.82, 2.24) is 10.6 Å². The maximum atomic E-state index is 3.06. The van der Waals surface area contributed by atoms with E-state index in [1.807, 2.05) is 0 Å². The van der Waals surface area contributed by atoms with Crippen molar-refractivity contribution in [2.24, 2.45) is 0 Å². The normalized spacial score (nSPS) is 28.0. The monoisotopic (exact) mass is 104 g/mol. The third kappa shape index (κ3) is 1.21. The summed E-state index contributed by atoms with van der Waals surface area (Å²) in [5, 5.41) is 3.06. The average molecular weight is 104 g/mol. The Labute approximate surface area is 39.5 Å². The van der Waals surface area contributed by atoms with Gasteiger partial charge in [0.15, 0.2) is 0 Å². The van der Waals surface area contributed by atoms with Gasteiger partial charge in [0.25, 0.3) is 0 Å². The predicted molar refractivity (Wildman–Crippen MR) is 28.9 cm³/mol. The zero-order valence-corrected chi connectivity index (χ0v) is 4.62. The van der Waals surface area contributed by atoms with Crippen molar-refractivity contribution in [3.8, 4) is 0 Å². The molecule has 1 aliphatic heterocycles. The van der Waals surface area contributed by atoms with Crippen LogP contribution in [0.4, 0.5) is 0 Å². The lowest BCUT2D eigenvalue weighted by atomic mass is 10.5. The van der Waals surface area contributed by atoms with Gasteiger partial charge >= 0.3 is 0 Å². The van der Waals surface area contributed by atoms with Crippen molar-refractivity contribution in [1.29, 1.82) is 0 Å². The molecule has 0 aliphatic carbocycles. The largest absolute Gasteiger partial charge is 0.255 e. The highest BCUT2D eigenvalue weighted by Gasteiger charge is 1.92. The third-order valence-corrected chi connectivity index (χ3v) is 1.74. The van der Waals surface area contributed by atoms with Crippen molar-refractivity contribution in [3.63, 3.8) is 0 Å². The molecule has 2 N–H and O–H groups in total. The highest BCUT2D eigenvalue weighted by Crippen LogP contribution is 2.05. The minimum Gasteiger partial charge on any atom is -0.255 e. The summed E-state index contributed by atoms with van der Waals surface area (Å²) in [4.78, 5) is 0. The van der Waals surface area contributed by atoms with Crippen molar-refractivity contribution < 1.29 is 0 Å². The summed E-state index contributed by atoms with van der Waals surface area (Å²) >= 11 is 0. The molecule has 2 nitrogen and oxygen atoms in total. The van der Waals surface area contributed by atoms with Crippen LogP contribution in [0.15, 0.2) is 0 Å². The molecular weight excluding hydrogens is 95.0 g/mol. The van der Waals surface area contributed by atoms with Crippen LogP contribution in [0.1, 0.15) is 6.42 Å². The highest BCUT2D eigenvalue weighted by atomic mass is 31.1. The van der Waals surface area contributed by atoms with Crippen molar-refractivity contribution in [2.45, 2.75) is 6.42 Å². The highest BCUT2D eigenvalue weighted by molar-refractivity contribution is 7.35. The van der Waals surface area contributed by atoms with Gasteiger partial charge in [-0.1, -0.05) is 0 Å². The second-order valence-electron chi connectivity index (χ2n) is 1.33. The quantitative estimate of drug-likeness (QED) is 0.425. The van der Waals surface area contributed by atoms with Crippen LogP contribution >= 0.6 is 8.73 Å². The van der Waals surface area contributed by atoms with Crippen LogP contribution in [0.3, 0.4) is 0 Å². The summed E-state index contributed by atoms with van der Waals surface area (Å²) in [5.74, 6) is 0. The zero-order chi connectivity index (χ0) is 4.24. The fourth-order valence-electron chi connectivity index (χ4n) is 0.453. The summed E-state index contributed by atoms with van der Waals surface area (Å²) in [5.41, 5.74) is 3.05. The molecule has 1 atom stereocenters. The maximum Gasteiger partial charge on any atom is 0.0106 e. The molecule has 0 aromatic carbocycles. The number of nitrogens with one attached hydrogen (secondary N) is 2. The van der Waals surface area contributed by atoms with Gasteiger partial charge in [-0.25, -0.2) is 5.20 Å². The molecule has 0 aromatic rings. The smallest absolute Gasteiger partial charge is 0.0106 e. The molecule has 0 aromatic heterocycles. The summed E-state index contributed by atoms with van der Waals surface area (Å²) in [7, 11) is 0.941. The average Bonchev–Trinajstić information content (AvgIpc) is 1.72. The van der Waals surface area contributed by atoms with E-state index in [1.54, 1.807) is 0 Å². The molecule has 0 saturated carbocycles. The molecule has 1 fully saturated rings. The predicted octanol–water partition coefficient (Wildman–Crippen LogP) is 0.0778. The van der Waals surface area contributed by atoms with Crippen molar-refractivity contribution in [3.05, 3.63) is 0 Å². The standard InChI is InChI=1S/C3H9N2P/c1-2-4-5-6-3-1/h4-6H,1-3H2. The first kappa shape index (κ1) is 4.51. The van der Waals surface area contributed by atoms with E-state index in [0.29, 0.717) is 0 Å². The third-order valence-electron chi connectivity index (χ3n) is 0.780. The minimum absolute atomic E-state index is 0.941. The van der Waals surface area contributed by atoms with Crippen LogP contribution in [0.2, 0.25) is 0 Å². The SMILES string of the molecule is C1CNNPC1. The van der Waals surface area contributed by atoms with Gasteiger partial charge in [0, 0.05) is 6.54 Å². The lowest BCUT2D eigenvalue weighted by molar-refractivity contribution is 0.641. The van der Waals surface area contributed by atoms with Crippen LogP contribution in [-0.2, 0) is 0 Å². The number of hydrogen-bond donors (Lipinski definition) is 2. The molecule has 0 spiro atoms. The molecule has 0 radical (unpaired) electrons. The number of hydrazine groups is 1. The number of rotatable bonds is 0. The number of hydrogen-bond acceptors (Lipinski definition) is 2. The van der Waals surface area contributed by atoms with E-state index in [9.17, 15) is 0 Å². The fraction of sp³-hybridized carbons (Fsp3) is 1.00. The second-order valence-corrected chi connectivity index (χ2v) is 2.44. The first-order valence-electron chi connectivity index (χ1n) is 2.21. The lowest BCUT2D eigenvalue weighted by Crippen LogP contribution is -2.30. The summed E-state index contributed by atoms with van der Waals surface area (Å²) in [6.45, 7) is 1.15. The maximum absolute atomic E-state index is 3.06. The molecule has 1 unspecified atom stereocenters. The molecular formula is C3H9N2P. The van der Waals surface area contributed by atoms with Gasteiger partial charge in [0.05, 0.1) is 0 Å². The Hall–Kier alpha value is 0.350. The molecule has 0 amide bonds. The Morgan fingerprint density at radius 1 is 1.50 bits per heavy atom. The lowest BCUT2D eigenvalue weighted by Gasteiger charge is -2.10. The minimum atomic E-state index is 0.941. The van der Waals surface area contributed by atoms with Gasteiger partial charge in [-0.2, -0.15) is 0 Å². The zero-order valence-electron chi connectivity index (χ0n) is 3.62. The Bertz CT molecular complexity index is 24.3. The summed E-state index contributed by atoms with van der Waals surface area (Å²) in [6, 6.07) is 0. The Morgan fingerprint density at radius 2 is 2.50 bits per heavy atom. The topological polar surface area (TPSA) is 24.1 Å². The first-order valence-corrected chi connectivity index (χ1v) is 3.41. The van der Waals surface area contributed by atoms with Gasteiger partial charge in [-0.05, 0) is 21.3 Å². The Kier molecular flexibility index (Phi) is 1.89. The van der Waals surface area contributed by atoms with E-state index in [2.05, 4.69) is 10.6 Å².